The van der Waals surface area contributed by atoms with E-state index in [9.17, 15) is 9.90 Å². The monoisotopic (exact) mass is 269 g/mol. The summed E-state index contributed by atoms with van der Waals surface area (Å²) in [5.74, 6) is 0.267. The van der Waals surface area contributed by atoms with Crippen LogP contribution in [0.3, 0.4) is 0 Å². The molecule has 0 aliphatic carbocycles. The molecule has 0 aliphatic heterocycles. The summed E-state index contributed by atoms with van der Waals surface area (Å²) in [6, 6.07) is 16.8. The Morgan fingerprint density at radius 1 is 1.05 bits per heavy atom. The molecule has 0 saturated carbocycles. The number of aromatic hydroxyl groups is 1. The first-order chi connectivity index (χ1) is 9.69. The predicted octanol–water partition coefficient (Wildman–Crippen LogP) is 2.98. The van der Waals surface area contributed by atoms with Crippen LogP contribution < -0.4 is 0 Å². The summed E-state index contributed by atoms with van der Waals surface area (Å²) in [4.78, 5) is 14.1. The quantitative estimate of drug-likeness (QED) is 0.906. The Morgan fingerprint density at radius 2 is 1.75 bits per heavy atom. The minimum atomic E-state index is 0.0713. The first kappa shape index (κ1) is 14.1. The van der Waals surface area contributed by atoms with E-state index in [1.165, 1.54) is 0 Å². The molecule has 0 radical (unpaired) electrons. The van der Waals surface area contributed by atoms with Crippen LogP contribution in [0.25, 0.3) is 0 Å². The zero-order valence-corrected chi connectivity index (χ0v) is 11.6. The van der Waals surface area contributed by atoms with E-state index in [0.29, 0.717) is 19.5 Å². The highest BCUT2D eigenvalue weighted by molar-refractivity contribution is 5.78. The van der Waals surface area contributed by atoms with E-state index in [1.807, 2.05) is 48.2 Å². The number of benzene rings is 2. The largest absolute Gasteiger partial charge is 0.508 e. The summed E-state index contributed by atoms with van der Waals surface area (Å²) < 4.78 is 0. The fourth-order valence-corrected chi connectivity index (χ4v) is 2.13. The summed E-state index contributed by atoms with van der Waals surface area (Å²) in [6.45, 7) is 3.27. The Balaban J connectivity index is 2.02. The summed E-state index contributed by atoms with van der Waals surface area (Å²) >= 11 is 0. The highest BCUT2D eigenvalue weighted by Gasteiger charge is 2.12. The average Bonchev–Trinajstić information content (AvgIpc) is 2.45. The van der Waals surface area contributed by atoms with Gasteiger partial charge in [-0.1, -0.05) is 42.5 Å². The van der Waals surface area contributed by atoms with Crippen molar-refractivity contribution in [3.05, 3.63) is 65.7 Å². The first-order valence-corrected chi connectivity index (χ1v) is 6.78. The van der Waals surface area contributed by atoms with Gasteiger partial charge < -0.3 is 10.0 Å². The molecule has 0 bridgehead atoms. The molecule has 2 aromatic carbocycles. The van der Waals surface area contributed by atoms with Crippen LogP contribution in [0.15, 0.2) is 54.6 Å². The van der Waals surface area contributed by atoms with Gasteiger partial charge in [0.15, 0.2) is 0 Å². The SMILES string of the molecule is CCN(Cc1ccccc1)C(=O)Cc1cccc(O)c1. The van der Waals surface area contributed by atoms with Gasteiger partial charge in [0.05, 0.1) is 6.42 Å². The van der Waals surface area contributed by atoms with Crippen molar-refractivity contribution in [2.24, 2.45) is 0 Å². The molecule has 1 amide bonds. The van der Waals surface area contributed by atoms with Crippen LogP contribution in [0.4, 0.5) is 0 Å². The first-order valence-electron chi connectivity index (χ1n) is 6.78. The molecule has 104 valence electrons. The lowest BCUT2D eigenvalue weighted by atomic mass is 10.1. The molecular formula is C17H19NO2. The molecule has 0 saturated heterocycles. The van der Waals surface area contributed by atoms with Gasteiger partial charge in [-0.15, -0.1) is 0 Å². The van der Waals surface area contributed by atoms with Crippen molar-refractivity contribution in [2.75, 3.05) is 6.54 Å². The fourth-order valence-electron chi connectivity index (χ4n) is 2.13. The van der Waals surface area contributed by atoms with Crippen molar-refractivity contribution in [1.29, 1.82) is 0 Å². The maximum atomic E-state index is 12.3. The summed E-state index contributed by atoms with van der Waals surface area (Å²) in [5.41, 5.74) is 1.96. The van der Waals surface area contributed by atoms with Crippen LogP contribution in [0.2, 0.25) is 0 Å². The predicted molar refractivity (Wildman–Crippen MR) is 79.3 cm³/mol. The maximum Gasteiger partial charge on any atom is 0.227 e. The Labute approximate surface area is 119 Å². The van der Waals surface area contributed by atoms with E-state index in [0.717, 1.165) is 11.1 Å². The van der Waals surface area contributed by atoms with Crippen LogP contribution in [-0.4, -0.2) is 22.5 Å². The summed E-state index contributed by atoms with van der Waals surface area (Å²) in [5, 5.41) is 9.43. The number of hydrogen-bond donors (Lipinski definition) is 1. The average molecular weight is 269 g/mol. The van der Waals surface area contributed by atoms with Gasteiger partial charge in [-0.25, -0.2) is 0 Å². The van der Waals surface area contributed by atoms with Crippen molar-refractivity contribution in [1.82, 2.24) is 4.90 Å². The zero-order valence-electron chi connectivity index (χ0n) is 11.6. The van der Waals surface area contributed by atoms with Crippen LogP contribution in [0.5, 0.6) is 5.75 Å². The molecule has 3 heteroatoms. The molecule has 0 spiro atoms. The van der Waals surface area contributed by atoms with Gasteiger partial charge in [-0.2, -0.15) is 0 Å². The van der Waals surface area contributed by atoms with Crippen molar-refractivity contribution in [3.63, 3.8) is 0 Å². The van der Waals surface area contributed by atoms with Crippen molar-refractivity contribution in [2.45, 2.75) is 19.9 Å². The number of carbonyl (C=O) groups is 1. The summed E-state index contributed by atoms with van der Waals surface area (Å²) in [6.07, 6.45) is 0.315. The highest BCUT2D eigenvalue weighted by atomic mass is 16.3. The van der Waals surface area contributed by atoms with Crippen molar-refractivity contribution in [3.8, 4) is 5.75 Å². The number of phenolic OH excluding ortho intramolecular Hbond substituents is 1. The van der Waals surface area contributed by atoms with Gasteiger partial charge in [-0.05, 0) is 30.2 Å². The fraction of sp³-hybridized carbons (Fsp3) is 0.235. The normalized spacial score (nSPS) is 10.2. The van der Waals surface area contributed by atoms with E-state index >= 15 is 0 Å². The second-order valence-corrected chi connectivity index (χ2v) is 4.74. The van der Waals surface area contributed by atoms with Crippen LogP contribution in [0, 0.1) is 0 Å². The Morgan fingerprint density at radius 3 is 2.40 bits per heavy atom. The topological polar surface area (TPSA) is 40.5 Å². The standard InChI is InChI=1S/C17H19NO2/c1-2-18(13-14-7-4-3-5-8-14)17(20)12-15-9-6-10-16(19)11-15/h3-11,19H,2,12-13H2,1H3. The second-order valence-electron chi connectivity index (χ2n) is 4.74. The maximum absolute atomic E-state index is 12.3. The third kappa shape index (κ3) is 3.85. The lowest BCUT2D eigenvalue weighted by Crippen LogP contribution is -2.31. The van der Waals surface area contributed by atoms with Gasteiger partial charge >= 0.3 is 0 Å². The third-order valence-corrected chi connectivity index (χ3v) is 3.22. The number of phenols is 1. The van der Waals surface area contributed by atoms with E-state index in [2.05, 4.69) is 0 Å². The summed E-state index contributed by atoms with van der Waals surface area (Å²) in [7, 11) is 0. The second kappa shape index (κ2) is 6.75. The molecule has 0 fully saturated rings. The molecule has 20 heavy (non-hydrogen) atoms. The van der Waals surface area contributed by atoms with Gasteiger partial charge in [-0.3, -0.25) is 4.79 Å². The van der Waals surface area contributed by atoms with E-state index in [1.54, 1.807) is 18.2 Å². The minimum Gasteiger partial charge on any atom is -0.508 e. The Hall–Kier alpha value is -2.29. The number of likely N-dealkylation sites (N-methyl/N-ethyl adjacent to an activating group) is 1. The molecule has 0 unspecified atom stereocenters. The van der Waals surface area contributed by atoms with E-state index in [4.69, 9.17) is 0 Å². The van der Waals surface area contributed by atoms with Crippen molar-refractivity contribution < 1.29 is 9.90 Å². The number of hydrogen-bond acceptors (Lipinski definition) is 2. The number of amides is 1. The molecular weight excluding hydrogens is 250 g/mol. The highest BCUT2D eigenvalue weighted by Crippen LogP contribution is 2.13. The van der Waals surface area contributed by atoms with Gasteiger partial charge in [0.1, 0.15) is 5.75 Å². The number of nitrogens with zero attached hydrogens (tertiary/aromatic N) is 1. The number of rotatable bonds is 5. The molecule has 0 heterocycles. The Kier molecular flexibility index (Phi) is 4.77. The zero-order chi connectivity index (χ0) is 14.4. The molecule has 0 atom stereocenters. The van der Waals surface area contributed by atoms with E-state index < -0.39 is 0 Å². The van der Waals surface area contributed by atoms with Crippen molar-refractivity contribution >= 4 is 5.91 Å². The van der Waals surface area contributed by atoms with E-state index in [-0.39, 0.29) is 11.7 Å². The van der Waals surface area contributed by atoms with Gasteiger partial charge in [0.25, 0.3) is 0 Å². The lowest BCUT2D eigenvalue weighted by molar-refractivity contribution is -0.130. The molecule has 3 nitrogen and oxygen atoms in total. The van der Waals surface area contributed by atoms with Crippen LogP contribution in [0.1, 0.15) is 18.1 Å². The third-order valence-electron chi connectivity index (χ3n) is 3.22. The molecule has 0 aliphatic rings. The van der Waals surface area contributed by atoms with Gasteiger partial charge in [0, 0.05) is 13.1 Å². The molecule has 2 aromatic rings. The lowest BCUT2D eigenvalue weighted by Gasteiger charge is -2.21. The Bertz CT molecular complexity index is 566. The smallest absolute Gasteiger partial charge is 0.227 e. The molecule has 2 rings (SSSR count). The van der Waals surface area contributed by atoms with Crippen LogP contribution in [-0.2, 0) is 17.8 Å². The van der Waals surface area contributed by atoms with Gasteiger partial charge in [0.2, 0.25) is 5.91 Å². The minimum absolute atomic E-state index is 0.0713. The van der Waals surface area contributed by atoms with Crippen LogP contribution >= 0.6 is 0 Å². The molecule has 0 aromatic heterocycles. The molecule has 1 N–H and O–H groups in total. The number of carbonyl (C=O) groups excluding carboxylic acids is 1.